The second-order valence-electron chi connectivity index (χ2n) is 5.85. The fourth-order valence-electron chi connectivity index (χ4n) is 2.87. The van der Waals surface area contributed by atoms with Crippen molar-refractivity contribution in [2.24, 2.45) is 0 Å². The molecule has 1 aliphatic heterocycles. The number of halogens is 1. The van der Waals surface area contributed by atoms with Gasteiger partial charge in [-0.05, 0) is 36.3 Å². The lowest BCUT2D eigenvalue weighted by atomic mass is 9.96. The highest BCUT2D eigenvalue weighted by Gasteiger charge is 2.33. The number of Topliss-reactive ketones (excluding diaryl/α,β-unsaturated/α-hetero) is 1. The third-order valence-corrected chi connectivity index (χ3v) is 4.34. The van der Waals surface area contributed by atoms with Crippen molar-refractivity contribution in [1.82, 2.24) is 9.97 Å². The predicted molar refractivity (Wildman–Crippen MR) is 85.1 cm³/mol. The molecule has 0 aromatic carbocycles. The number of carbonyl (C=O) groups is 1. The van der Waals surface area contributed by atoms with Gasteiger partial charge in [0.05, 0.1) is 6.04 Å². The van der Waals surface area contributed by atoms with Gasteiger partial charge in [-0.2, -0.15) is 0 Å². The van der Waals surface area contributed by atoms with Crippen LogP contribution in [0.4, 0.5) is 5.82 Å². The molecule has 0 radical (unpaired) electrons. The van der Waals surface area contributed by atoms with Gasteiger partial charge in [0.2, 0.25) is 0 Å². The smallest absolute Gasteiger partial charge is 0.152 e. The number of rotatable bonds is 3. The van der Waals surface area contributed by atoms with Crippen LogP contribution in [0.5, 0.6) is 0 Å². The summed E-state index contributed by atoms with van der Waals surface area (Å²) < 4.78 is 0. The molecule has 0 N–H and O–H groups in total. The van der Waals surface area contributed by atoms with Gasteiger partial charge in [-0.15, -0.1) is 0 Å². The van der Waals surface area contributed by atoms with Crippen LogP contribution in [0.25, 0.3) is 10.8 Å². The van der Waals surface area contributed by atoms with Gasteiger partial charge in [0.25, 0.3) is 0 Å². The Labute approximate surface area is 129 Å². The van der Waals surface area contributed by atoms with Crippen LogP contribution in [0.1, 0.15) is 38.7 Å². The van der Waals surface area contributed by atoms with Crippen LogP contribution in [0.2, 0.25) is 5.15 Å². The molecule has 110 valence electrons. The molecule has 5 heteroatoms. The Morgan fingerprint density at radius 3 is 2.67 bits per heavy atom. The number of hydrogen-bond donors (Lipinski definition) is 0. The average Bonchev–Trinajstić information content (AvgIpc) is 2.36. The molecular weight excluding hydrogens is 286 g/mol. The minimum Gasteiger partial charge on any atom is -0.346 e. The van der Waals surface area contributed by atoms with Gasteiger partial charge in [0, 0.05) is 24.3 Å². The Morgan fingerprint density at radius 2 is 2.10 bits per heavy atom. The molecule has 4 nitrogen and oxygen atoms in total. The van der Waals surface area contributed by atoms with Gasteiger partial charge < -0.3 is 4.90 Å². The highest BCUT2D eigenvalue weighted by atomic mass is 35.5. The lowest BCUT2D eigenvalue weighted by molar-refractivity contribution is -0.119. The van der Waals surface area contributed by atoms with E-state index in [9.17, 15) is 4.79 Å². The zero-order chi connectivity index (χ0) is 15.1. The first-order chi connectivity index (χ1) is 9.99. The number of pyridine rings is 2. The summed E-state index contributed by atoms with van der Waals surface area (Å²) in [7, 11) is 0. The molecule has 0 amide bonds. The fraction of sp³-hybridized carbons (Fsp3) is 0.438. The Hall–Kier alpha value is -1.68. The second-order valence-corrected chi connectivity index (χ2v) is 6.24. The van der Waals surface area contributed by atoms with Crippen molar-refractivity contribution in [1.29, 1.82) is 0 Å². The topological polar surface area (TPSA) is 46.1 Å². The Balaban J connectivity index is 2.17. The summed E-state index contributed by atoms with van der Waals surface area (Å²) in [5.74, 6) is 1.38. The van der Waals surface area contributed by atoms with Crippen LogP contribution in [-0.2, 0) is 4.79 Å². The molecule has 0 saturated carbocycles. The number of nitrogens with zero attached hydrogens (tertiary/aromatic N) is 3. The zero-order valence-electron chi connectivity index (χ0n) is 12.4. The lowest BCUT2D eigenvalue weighted by Gasteiger charge is -2.41. The van der Waals surface area contributed by atoms with Gasteiger partial charge in [-0.3, -0.25) is 4.79 Å². The van der Waals surface area contributed by atoms with Crippen LogP contribution < -0.4 is 4.90 Å². The summed E-state index contributed by atoms with van der Waals surface area (Å²) in [6.07, 6.45) is 4.56. The molecule has 21 heavy (non-hydrogen) atoms. The minimum absolute atomic E-state index is 0.0544. The van der Waals surface area contributed by atoms with E-state index >= 15 is 0 Å². The highest BCUT2D eigenvalue weighted by molar-refractivity contribution is 6.30. The van der Waals surface area contributed by atoms with E-state index in [4.69, 9.17) is 11.6 Å². The first kappa shape index (κ1) is 14.3. The lowest BCUT2D eigenvalue weighted by Crippen LogP contribution is -2.52. The van der Waals surface area contributed by atoms with Crippen molar-refractivity contribution >= 4 is 34.0 Å². The normalized spacial score (nSPS) is 18.1. The first-order valence-electron chi connectivity index (χ1n) is 7.20. The molecule has 1 fully saturated rings. The van der Waals surface area contributed by atoms with Crippen LogP contribution in [0, 0.1) is 0 Å². The maximum Gasteiger partial charge on any atom is 0.152 e. The quantitative estimate of drug-likeness (QED) is 0.813. The number of anilines is 1. The van der Waals surface area contributed by atoms with Crippen molar-refractivity contribution in [3.8, 4) is 0 Å². The van der Waals surface area contributed by atoms with E-state index in [1.807, 2.05) is 12.3 Å². The molecule has 1 aliphatic rings. The van der Waals surface area contributed by atoms with Crippen molar-refractivity contribution in [2.75, 3.05) is 11.4 Å². The molecule has 0 bridgehead atoms. The van der Waals surface area contributed by atoms with E-state index in [1.54, 1.807) is 13.1 Å². The largest absolute Gasteiger partial charge is 0.346 e. The SMILES string of the molecule is CC(=O)C1CCN1c1ncc(C(C)C)c2cc(Cl)ncc12. The third kappa shape index (κ3) is 2.38. The summed E-state index contributed by atoms with van der Waals surface area (Å²) in [5, 5.41) is 2.52. The van der Waals surface area contributed by atoms with E-state index in [-0.39, 0.29) is 11.8 Å². The third-order valence-electron chi connectivity index (χ3n) is 4.13. The van der Waals surface area contributed by atoms with Gasteiger partial charge >= 0.3 is 0 Å². The molecule has 2 aromatic rings. The van der Waals surface area contributed by atoms with Gasteiger partial charge in [0.15, 0.2) is 5.78 Å². The van der Waals surface area contributed by atoms with E-state index in [1.165, 1.54) is 0 Å². The molecule has 3 rings (SSSR count). The van der Waals surface area contributed by atoms with Crippen molar-refractivity contribution in [3.05, 3.63) is 29.2 Å². The van der Waals surface area contributed by atoms with Crippen molar-refractivity contribution in [2.45, 2.75) is 39.2 Å². The molecule has 0 spiro atoms. The number of aromatic nitrogens is 2. The maximum absolute atomic E-state index is 11.7. The summed E-state index contributed by atoms with van der Waals surface area (Å²) in [6, 6.07) is 1.83. The highest BCUT2D eigenvalue weighted by Crippen LogP contribution is 2.35. The predicted octanol–water partition coefficient (Wildman–Crippen LogP) is 3.57. The average molecular weight is 304 g/mol. The number of hydrogen-bond acceptors (Lipinski definition) is 4. The summed E-state index contributed by atoms with van der Waals surface area (Å²) in [5.41, 5.74) is 1.15. The summed E-state index contributed by atoms with van der Waals surface area (Å²) >= 11 is 6.05. The molecule has 1 saturated heterocycles. The Bertz CT molecular complexity index is 714. The van der Waals surface area contributed by atoms with Crippen LogP contribution in [0.3, 0.4) is 0 Å². The van der Waals surface area contributed by atoms with Crippen molar-refractivity contribution in [3.63, 3.8) is 0 Å². The Morgan fingerprint density at radius 1 is 1.33 bits per heavy atom. The maximum atomic E-state index is 11.7. The molecule has 0 aliphatic carbocycles. The van der Waals surface area contributed by atoms with Crippen molar-refractivity contribution < 1.29 is 4.79 Å². The van der Waals surface area contributed by atoms with Crippen LogP contribution >= 0.6 is 11.6 Å². The summed E-state index contributed by atoms with van der Waals surface area (Å²) in [6.45, 7) is 6.76. The monoisotopic (exact) mass is 303 g/mol. The number of carbonyl (C=O) groups excluding carboxylic acids is 1. The number of fused-ring (bicyclic) bond motifs is 1. The van der Waals surface area contributed by atoms with E-state index in [0.29, 0.717) is 11.1 Å². The minimum atomic E-state index is -0.0544. The van der Waals surface area contributed by atoms with Crippen LogP contribution in [0.15, 0.2) is 18.5 Å². The fourth-order valence-corrected chi connectivity index (χ4v) is 3.03. The zero-order valence-corrected chi connectivity index (χ0v) is 13.2. The van der Waals surface area contributed by atoms with Gasteiger partial charge in [0.1, 0.15) is 11.0 Å². The second kappa shape index (κ2) is 5.26. The molecule has 1 atom stereocenters. The molecule has 2 aromatic heterocycles. The van der Waals surface area contributed by atoms with Gasteiger partial charge in [-0.1, -0.05) is 25.4 Å². The summed E-state index contributed by atoms with van der Waals surface area (Å²) in [4.78, 5) is 22.5. The van der Waals surface area contributed by atoms with Gasteiger partial charge in [-0.25, -0.2) is 9.97 Å². The molecular formula is C16H18ClN3O. The van der Waals surface area contributed by atoms with E-state index in [2.05, 4.69) is 28.7 Å². The van der Waals surface area contributed by atoms with Crippen LogP contribution in [-0.4, -0.2) is 28.3 Å². The Kier molecular flexibility index (Phi) is 3.57. The molecule has 3 heterocycles. The molecule has 1 unspecified atom stereocenters. The standard InChI is InChI=1S/C16H18ClN3O/c1-9(2)12-7-19-16(20-5-4-14(20)10(3)21)13-8-18-15(17)6-11(12)13/h6-9,14H,4-5H2,1-3H3. The van der Waals surface area contributed by atoms with E-state index in [0.717, 1.165) is 35.1 Å². The number of ketones is 1. The first-order valence-corrected chi connectivity index (χ1v) is 7.58. The van der Waals surface area contributed by atoms with E-state index < -0.39 is 0 Å².